The molecule has 14 nitrogen and oxygen atoms in total. The molecular weight excluding hydrogens is 1190 g/mol. The van der Waals surface area contributed by atoms with Gasteiger partial charge in [-0.2, -0.15) is 0 Å². The monoisotopic (exact) mass is 1280 g/mol. The zero-order valence-corrected chi connectivity index (χ0v) is 54.4. The summed E-state index contributed by atoms with van der Waals surface area (Å²) in [6, 6.07) is 53.4. The predicted molar refractivity (Wildman–Crippen MR) is 365 cm³/mol. The largest absolute Gasteiger partial charge is 0.497 e. The van der Waals surface area contributed by atoms with Crippen molar-refractivity contribution in [3.63, 3.8) is 0 Å². The van der Waals surface area contributed by atoms with Gasteiger partial charge in [0.1, 0.15) is 11.5 Å². The number of anilines is 2. The van der Waals surface area contributed by atoms with Gasteiger partial charge in [-0.25, -0.2) is 9.59 Å². The van der Waals surface area contributed by atoms with Gasteiger partial charge in [-0.1, -0.05) is 137 Å². The predicted octanol–water partition coefficient (Wildman–Crippen LogP) is 14.0. The van der Waals surface area contributed by atoms with Gasteiger partial charge in [0.25, 0.3) is 0 Å². The summed E-state index contributed by atoms with van der Waals surface area (Å²) >= 11 is 3.50. The molecule has 13 rings (SSSR count). The van der Waals surface area contributed by atoms with Gasteiger partial charge < -0.3 is 49.4 Å². The van der Waals surface area contributed by atoms with Gasteiger partial charge in [-0.3, -0.25) is 9.80 Å². The van der Waals surface area contributed by atoms with Crippen molar-refractivity contribution in [1.29, 1.82) is 0 Å². The molecule has 6 atom stereocenters. The Hall–Kier alpha value is -7.28. The summed E-state index contributed by atoms with van der Waals surface area (Å²) in [5, 5.41) is 26.4. The van der Waals surface area contributed by atoms with Crippen LogP contribution < -0.4 is 20.1 Å². The van der Waals surface area contributed by atoms with Crippen molar-refractivity contribution in [3.05, 3.63) is 220 Å². The van der Waals surface area contributed by atoms with Crippen LogP contribution in [0.2, 0.25) is 0 Å². The van der Waals surface area contributed by atoms with Gasteiger partial charge >= 0.3 is 19.2 Å². The standard InChI is InChI=1S/C34H37N3O3.C23H28BrN3O3.C17H21BO2/c1-40-30-17-15-29(16-18-30)35-34(39)36-19-5-6-20-37-31(22-36)33(32(37)23-38)26-11-9-25(10-12-26)28-14-13-27(21-28)24-7-3-2-4-8-24;1-30-19-10-8-18(9-11-19)25-23(29)26-12-2-3-13-27-20(14-26)22(21(27)15-28)16-4-6-17(24)7-5-16;1-16(2)17(3,4)20-18(19-16)15-11-10-14(12-15)13-8-6-5-7-9-13/h2-4,7-12,14-18,21,31-33,38H,5-6,13,19-20,22-23H2,1H3,(H,35,39);4-11,20-22,28H,2-3,12-15H2,1H3,(H,25,29);5-9,11-12H,10H2,1-4H3/t31-,32+,33+;20-,21+,22+;/m00./s1. The zero-order chi connectivity index (χ0) is 62.9. The lowest BCUT2D eigenvalue weighted by atomic mass is 9.74. The van der Waals surface area contributed by atoms with Crippen molar-refractivity contribution in [2.75, 3.05) is 77.3 Å². The SMILES string of the molecule is CC1(C)OB(C2=CCC(c3ccccc3)=C2)OC1(C)C.COc1ccc(NC(=O)N2CCCCN3[C@H](CO)[C@H](c4ccc(Br)cc4)[C@@H]3C2)cc1.COc1ccc(NC(=O)N2CCCCN3[C@H](CO)[C@H](c4ccc(C5=CCC(c6ccccc6)=C5)cc4)[C@@H]3C2)cc1. The molecule has 0 bridgehead atoms. The van der Waals surface area contributed by atoms with Crippen LogP contribution in [0.1, 0.15) is 106 Å². The van der Waals surface area contributed by atoms with Crippen LogP contribution in [0.5, 0.6) is 11.5 Å². The zero-order valence-electron chi connectivity index (χ0n) is 52.8. The first-order valence-corrected chi connectivity index (χ1v) is 32.7. The number of benzene rings is 6. The second-order valence-electron chi connectivity index (χ2n) is 25.4. The molecule has 5 aliphatic heterocycles. The maximum absolute atomic E-state index is 13.3. The number of fused-ring (bicyclic) bond motifs is 2. The third-order valence-corrected chi connectivity index (χ3v) is 20.0. The fraction of sp³-hybridized carbons (Fsp3) is 0.378. The molecule has 5 heterocycles. The number of carbonyl (C=O) groups excluding carboxylic acids is 2. The van der Waals surface area contributed by atoms with Crippen molar-refractivity contribution in [2.45, 2.75) is 113 Å². The number of urea groups is 2. The Labute approximate surface area is 540 Å². The van der Waals surface area contributed by atoms with Crippen molar-refractivity contribution < 1.29 is 38.6 Å². The molecule has 6 aromatic rings. The highest BCUT2D eigenvalue weighted by Gasteiger charge is 2.53. The van der Waals surface area contributed by atoms with E-state index in [1.54, 1.807) is 14.2 Å². The van der Waals surface area contributed by atoms with Crippen LogP contribution in [0.4, 0.5) is 21.0 Å². The highest BCUT2D eigenvalue weighted by atomic mass is 79.9. The van der Waals surface area contributed by atoms with E-state index in [0.717, 1.165) is 97.5 Å². The third kappa shape index (κ3) is 14.6. The Morgan fingerprint density at radius 2 is 0.967 bits per heavy atom. The van der Waals surface area contributed by atoms with Gasteiger partial charge in [0.05, 0.1) is 38.6 Å². The van der Waals surface area contributed by atoms with E-state index >= 15 is 0 Å². The normalized spacial score (nSPS) is 23.5. The van der Waals surface area contributed by atoms with E-state index in [1.165, 1.54) is 44.5 Å². The van der Waals surface area contributed by atoms with Crippen LogP contribution in [0.15, 0.2) is 192 Å². The smallest absolute Gasteiger partial charge is 0.494 e. The molecule has 90 heavy (non-hydrogen) atoms. The lowest BCUT2D eigenvalue weighted by Gasteiger charge is -2.57. The fourth-order valence-corrected chi connectivity index (χ4v) is 14.0. The minimum Gasteiger partial charge on any atom is -0.497 e. The molecule has 470 valence electrons. The third-order valence-electron chi connectivity index (χ3n) is 19.5. The molecule has 7 aliphatic rings. The van der Waals surface area contributed by atoms with Crippen LogP contribution >= 0.6 is 15.9 Å². The van der Waals surface area contributed by atoms with Crippen LogP contribution in [-0.4, -0.2) is 151 Å². The molecule has 5 saturated heterocycles. The van der Waals surface area contributed by atoms with Gasteiger partial charge in [-0.05, 0) is 190 Å². The summed E-state index contributed by atoms with van der Waals surface area (Å²) in [5.74, 6) is 1.92. The second kappa shape index (κ2) is 28.9. The van der Waals surface area contributed by atoms with E-state index in [0.29, 0.717) is 13.1 Å². The summed E-state index contributed by atoms with van der Waals surface area (Å²) in [4.78, 5) is 34.9. The van der Waals surface area contributed by atoms with Crippen LogP contribution in [-0.2, 0) is 9.31 Å². The molecule has 0 unspecified atom stereocenters. The average Bonchev–Trinajstić information content (AvgIpc) is 1.01. The topological polar surface area (TPSA) is 149 Å². The Balaban J connectivity index is 0.000000147. The highest BCUT2D eigenvalue weighted by Crippen LogP contribution is 2.45. The molecule has 4 N–H and O–H groups in total. The number of aliphatic hydroxyl groups excluding tert-OH is 2. The molecule has 5 fully saturated rings. The number of methoxy groups -OCH3 is 2. The van der Waals surface area contributed by atoms with Crippen LogP contribution in [0.25, 0.3) is 16.7 Å². The van der Waals surface area contributed by atoms with E-state index in [1.807, 2.05) is 76.5 Å². The fourth-order valence-electron chi connectivity index (χ4n) is 13.7. The van der Waals surface area contributed by atoms with E-state index in [-0.39, 0.29) is 79.6 Å². The Morgan fingerprint density at radius 1 is 0.544 bits per heavy atom. The number of carbonyl (C=O) groups is 2. The first-order valence-electron chi connectivity index (χ1n) is 31.9. The van der Waals surface area contributed by atoms with Gasteiger partial charge in [0.2, 0.25) is 0 Å². The summed E-state index contributed by atoms with van der Waals surface area (Å²) in [6.07, 6.45) is 14.8. The number of ether oxygens (including phenoxy) is 2. The van der Waals surface area contributed by atoms with E-state index in [2.05, 4.69) is 179 Å². The number of nitrogens with zero attached hydrogens (tertiary/aromatic N) is 4. The Morgan fingerprint density at radius 3 is 1.41 bits per heavy atom. The minimum atomic E-state index is -0.276. The summed E-state index contributed by atoms with van der Waals surface area (Å²) in [7, 11) is 3.01. The number of hydrogen-bond acceptors (Lipinski definition) is 10. The number of nitrogens with one attached hydrogen (secondary N) is 2. The first kappa shape index (κ1) is 64.3. The number of amides is 4. The maximum atomic E-state index is 13.3. The van der Waals surface area contributed by atoms with E-state index in [4.69, 9.17) is 18.8 Å². The molecule has 0 radical (unpaired) electrons. The quantitative estimate of drug-likeness (QED) is 0.0873. The van der Waals surface area contributed by atoms with Crippen molar-refractivity contribution in [2.24, 2.45) is 0 Å². The highest BCUT2D eigenvalue weighted by molar-refractivity contribution is 9.10. The number of rotatable bonds is 12. The Bertz CT molecular complexity index is 3510. The van der Waals surface area contributed by atoms with Crippen molar-refractivity contribution >= 4 is 63.2 Å². The lowest BCUT2D eigenvalue weighted by Crippen LogP contribution is -2.68. The minimum absolute atomic E-state index is 0.0794. The molecule has 2 aliphatic carbocycles. The van der Waals surface area contributed by atoms with Crippen LogP contribution in [0, 0.1) is 0 Å². The summed E-state index contributed by atoms with van der Waals surface area (Å²) in [6.45, 7) is 13.3. The number of hydrogen-bond donors (Lipinski definition) is 4. The molecule has 0 aromatic heterocycles. The van der Waals surface area contributed by atoms with Crippen LogP contribution in [0.3, 0.4) is 0 Å². The number of aliphatic hydroxyl groups is 2. The molecular formula is C74H86BBrN6O8. The maximum Gasteiger partial charge on any atom is 0.494 e. The second-order valence-corrected chi connectivity index (χ2v) is 26.3. The van der Waals surface area contributed by atoms with Gasteiger partial charge in [0, 0.05) is 78.0 Å². The molecule has 16 heteroatoms. The van der Waals surface area contributed by atoms with Gasteiger partial charge in [-0.15, -0.1) is 0 Å². The lowest BCUT2D eigenvalue weighted by molar-refractivity contribution is -0.0585. The molecule has 0 saturated carbocycles. The number of allylic oxidation sites excluding steroid dienone is 8. The summed E-state index contributed by atoms with van der Waals surface area (Å²) in [5.41, 5.74) is 12.2. The Kier molecular flexibility index (Phi) is 20.6. The van der Waals surface area contributed by atoms with Crippen molar-refractivity contribution in [3.8, 4) is 11.5 Å². The van der Waals surface area contributed by atoms with Crippen molar-refractivity contribution in [1.82, 2.24) is 19.6 Å². The molecule has 4 amide bonds. The molecule has 6 aromatic carbocycles. The summed E-state index contributed by atoms with van der Waals surface area (Å²) < 4.78 is 23.7. The molecule has 0 spiro atoms. The van der Waals surface area contributed by atoms with Gasteiger partial charge in [0.15, 0.2) is 0 Å². The van der Waals surface area contributed by atoms with E-state index < -0.39 is 0 Å². The number of halogens is 1. The first-order chi connectivity index (χ1) is 43.6. The van der Waals surface area contributed by atoms with E-state index in [9.17, 15) is 19.8 Å². The average molecular weight is 1280 g/mol.